The second kappa shape index (κ2) is 5.81. The number of benzene rings is 1. The maximum Gasteiger partial charge on any atom is 0.0539 e. The highest BCUT2D eigenvalue weighted by atomic mass is 79.9. The van der Waals surface area contributed by atoms with Crippen LogP contribution in [0.2, 0.25) is 0 Å². The van der Waals surface area contributed by atoms with Gasteiger partial charge in [0.25, 0.3) is 0 Å². The number of anilines is 1. The van der Waals surface area contributed by atoms with Gasteiger partial charge in [0.05, 0.1) is 6.04 Å². The zero-order valence-corrected chi connectivity index (χ0v) is 13.7. The van der Waals surface area contributed by atoms with Crippen molar-refractivity contribution >= 4 is 21.6 Å². The Kier molecular flexibility index (Phi) is 4.54. The lowest BCUT2D eigenvalue weighted by molar-refractivity contribution is 0.239. The predicted octanol–water partition coefficient (Wildman–Crippen LogP) is 2.55. The van der Waals surface area contributed by atoms with Crippen LogP contribution in [-0.4, -0.2) is 44.2 Å². The maximum absolute atomic E-state index is 6.01. The fraction of sp³-hybridized carbons (Fsp3) is 0.600. The third-order valence-electron chi connectivity index (χ3n) is 3.67. The molecule has 4 heteroatoms. The highest BCUT2D eigenvalue weighted by Gasteiger charge is 2.32. The van der Waals surface area contributed by atoms with Crippen molar-refractivity contribution in [1.29, 1.82) is 0 Å². The van der Waals surface area contributed by atoms with Gasteiger partial charge in [0, 0.05) is 36.3 Å². The molecule has 1 fully saturated rings. The maximum atomic E-state index is 6.01. The van der Waals surface area contributed by atoms with Crippen molar-refractivity contribution in [2.75, 3.05) is 38.1 Å². The molecule has 1 saturated heterocycles. The van der Waals surface area contributed by atoms with Gasteiger partial charge in [-0.2, -0.15) is 0 Å². The van der Waals surface area contributed by atoms with Crippen LogP contribution in [0.5, 0.6) is 0 Å². The minimum absolute atomic E-state index is 0.265. The van der Waals surface area contributed by atoms with Crippen LogP contribution < -0.4 is 10.6 Å². The summed E-state index contributed by atoms with van der Waals surface area (Å²) in [6, 6.07) is 8.89. The number of nitrogens with zero attached hydrogens (tertiary/aromatic N) is 2. The second-order valence-electron chi connectivity index (χ2n) is 6.36. The molecule has 0 saturated carbocycles. The Morgan fingerprint density at radius 2 is 2.11 bits per heavy atom. The van der Waals surface area contributed by atoms with E-state index in [4.69, 9.17) is 5.73 Å². The molecule has 1 unspecified atom stereocenters. The van der Waals surface area contributed by atoms with Gasteiger partial charge < -0.3 is 15.5 Å². The van der Waals surface area contributed by atoms with Gasteiger partial charge in [-0.25, -0.2) is 0 Å². The summed E-state index contributed by atoms with van der Waals surface area (Å²) in [5.41, 5.74) is 7.53. The highest BCUT2D eigenvalue weighted by Crippen LogP contribution is 2.29. The Hall–Kier alpha value is -0.580. The van der Waals surface area contributed by atoms with Gasteiger partial charge in [0.1, 0.15) is 0 Å². The standard InChI is InChI=1S/C15H24BrN3/c1-15(2)10-18(3)9-14(8-17)19(11-15)13-6-4-5-12(16)7-13/h4-7,14H,8-11,17H2,1-3H3. The molecule has 1 atom stereocenters. The summed E-state index contributed by atoms with van der Waals surface area (Å²) in [6.45, 7) is 8.50. The van der Waals surface area contributed by atoms with Crippen molar-refractivity contribution in [2.45, 2.75) is 19.9 Å². The van der Waals surface area contributed by atoms with E-state index in [9.17, 15) is 0 Å². The number of rotatable bonds is 2. The summed E-state index contributed by atoms with van der Waals surface area (Å²) in [4.78, 5) is 4.86. The van der Waals surface area contributed by atoms with E-state index in [0.717, 1.165) is 24.1 Å². The third kappa shape index (κ3) is 3.71. The summed E-state index contributed by atoms with van der Waals surface area (Å²) in [5.74, 6) is 0. The quantitative estimate of drug-likeness (QED) is 0.907. The normalized spacial score (nSPS) is 24.3. The van der Waals surface area contributed by atoms with Crippen LogP contribution in [0.15, 0.2) is 28.7 Å². The van der Waals surface area contributed by atoms with Crippen molar-refractivity contribution in [3.05, 3.63) is 28.7 Å². The van der Waals surface area contributed by atoms with E-state index in [1.54, 1.807) is 0 Å². The lowest BCUT2D eigenvalue weighted by atomic mass is 9.92. The summed E-state index contributed by atoms with van der Waals surface area (Å²) in [7, 11) is 2.19. The molecule has 2 N–H and O–H groups in total. The summed E-state index contributed by atoms with van der Waals surface area (Å²) < 4.78 is 1.12. The first kappa shape index (κ1) is 14.8. The smallest absolute Gasteiger partial charge is 0.0539 e. The fourth-order valence-electron chi connectivity index (χ4n) is 3.05. The number of likely N-dealkylation sites (N-methyl/N-ethyl adjacent to an activating group) is 1. The zero-order chi connectivity index (χ0) is 14.0. The van der Waals surface area contributed by atoms with E-state index < -0.39 is 0 Å². The van der Waals surface area contributed by atoms with E-state index in [2.05, 4.69) is 70.9 Å². The largest absolute Gasteiger partial charge is 0.365 e. The topological polar surface area (TPSA) is 32.5 Å². The summed E-state index contributed by atoms with van der Waals surface area (Å²) in [5, 5.41) is 0. The molecule has 1 aliphatic heterocycles. The van der Waals surface area contributed by atoms with Gasteiger partial charge in [-0.3, -0.25) is 0 Å². The molecule has 0 bridgehead atoms. The highest BCUT2D eigenvalue weighted by molar-refractivity contribution is 9.10. The van der Waals surface area contributed by atoms with Gasteiger partial charge in [0.2, 0.25) is 0 Å². The van der Waals surface area contributed by atoms with E-state index in [-0.39, 0.29) is 5.41 Å². The molecule has 106 valence electrons. The van der Waals surface area contributed by atoms with Gasteiger partial charge in [-0.05, 0) is 30.7 Å². The second-order valence-corrected chi connectivity index (χ2v) is 7.27. The van der Waals surface area contributed by atoms with E-state index >= 15 is 0 Å². The number of nitrogens with two attached hydrogens (primary N) is 1. The zero-order valence-electron chi connectivity index (χ0n) is 12.1. The van der Waals surface area contributed by atoms with Gasteiger partial charge in [0.15, 0.2) is 0 Å². The Labute approximate surface area is 124 Å². The molecule has 19 heavy (non-hydrogen) atoms. The van der Waals surface area contributed by atoms with Gasteiger partial charge in [-0.1, -0.05) is 35.8 Å². The Morgan fingerprint density at radius 3 is 2.74 bits per heavy atom. The van der Waals surface area contributed by atoms with E-state index in [1.807, 2.05) is 0 Å². The number of halogens is 1. The average Bonchev–Trinajstić information content (AvgIpc) is 2.44. The molecule has 1 aromatic rings. The van der Waals surface area contributed by atoms with Crippen LogP contribution in [0.25, 0.3) is 0 Å². The molecule has 1 aromatic carbocycles. The molecule has 0 spiro atoms. The van der Waals surface area contributed by atoms with Crippen LogP contribution in [0, 0.1) is 5.41 Å². The van der Waals surface area contributed by atoms with Crippen molar-refractivity contribution in [2.24, 2.45) is 11.1 Å². The summed E-state index contributed by atoms with van der Waals surface area (Å²) in [6.07, 6.45) is 0. The van der Waals surface area contributed by atoms with Crippen molar-refractivity contribution < 1.29 is 0 Å². The number of hydrogen-bond donors (Lipinski definition) is 1. The molecule has 0 amide bonds. The Bertz CT molecular complexity index is 433. The lowest BCUT2D eigenvalue weighted by Crippen LogP contribution is -2.46. The molecule has 0 aliphatic carbocycles. The van der Waals surface area contributed by atoms with Crippen LogP contribution in [0.3, 0.4) is 0 Å². The lowest BCUT2D eigenvalue weighted by Gasteiger charge is -2.35. The first-order valence-corrected chi connectivity index (χ1v) is 7.61. The molecule has 2 rings (SSSR count). The van der Waals surface area contributed by atoms with Crippen molar-refractivity contribution in [1.82, 2.24) is 4.90 Å². The SMILES string of the molecule is CN1CC(CN)N(c2cccc(Br)c2)CC(C)(C)C1. The molecule has 0 radical (unpaired) electrons. The van der Waals surface area contributed by atoms with Crippen LogP contribution in [-0.2, 0) is 0 Å². The fourth-order valence-corrected chi connectivity index (χ4v) is 3.44. The molecule has 1 heterocycles. The molecular weight excluding hydrogens is 302 g/mol. The number of hydrogen-bond acceptors (Lipinski definition) is 3. The minimum Gasteiger partial charge on any atom is -0.365 e. The Morgan fingerprint density at radius 1 is 1.37 bits per heavy atom. The monoisotopic (exact) mass is 325 g/mol. The van der Waals surface area contributed by atoms with Crippen LogP contribution in [0.4, 0.5) is 5.69 Å². The van der Waals surface area contributed by atoms with Crippen molar-refractivity contribution in [3.8, 4) is 0 Å². The summed E-state index contributed by atoms with van der Waals surface area (Å²) >= 11 is 3.56. The van der Waals surface area contributed by atoms with E-state index in [1.165, 1.54) is 5.69 Å². The van der Waals surface area contributed by atoms with Crippen LogP contribution in [0.1, 0.15) is 13.8 Å². The van der Waals surface area contributed by atoms with Crippen LogP contribution >= 0.6 is 15.9 Å². The Balaban J connectivity index is 2.33. The van der Waals surface area contributed by atoms with E-state index in [0.29, 0.717) is 12.6 Å². The molecular formula is C15H24BrN3. The van der Waals surface area contributed by atoms with Gasteiger partial charge >= 0.3 is 0 Å². The first-order chi connectivity index (χ1) is 8.91. The van der Waals surface area contributed by atoms with Crippen molar-refractivity contribution in [3.63, 3.8) is 0 Å². The minimum atomic E-state index is 0.265. The van der Waals surface area contributed by atoms with Gasteiger partial charge in [-0.15, -0.1) is 0 Å². The third-order valence-corrected chi connectivity index (χ3v) is 4.16. The predicted molar refractivity (Wildman–Crippen MR) is 85.6 cm³/mol. The molecule has 1 aliphatic rings. The average molecular weight is 326 g/mol. The molecule has 3 nitrogen and oxygen atoms in total. The molecule has 0 aromatic heterocycles. The first-order valence-electron chi connectivity index (χ1n) is 6.82.